The third kappa shape index (κ3) is 5.50. The van der Waals surface area contributed by atoms with Gasteiger partial charge in [0.1, 0.15) is 5.01 Å². The molecule has 3 aromatic rings. The first-order valence-corrected chi connectivity index (χ1v) is 10.8. The van der Waals surface area contributed by atoms with Gasteiger partial charge in [-0.3, -0.25) is 14.6 Å². The summed E-state index contributed by atoms with van der Waals surface area (Å²) in [5.41, 5.74) is 4.27. The molecular formula is C23H26N4OS. The molecule has 1 saturated heterocycles. The molecule has 1 aliphatic rings. The van der Waals surface area contributed by atoms with E-state index in [9.17, 15) is 4.79 Å². The van der Waals surface area contributed by atoms with Crippen LogP contribution in [0.1, 0.15) is 10.6 Å². The number of aromatic nitrogens is 1. The van der Waals surface area contributed by atoms with Gasteiger partial charge in [0.05, 0.1) is 18.8 Å². The smallest absolute Gasteiger partial charge is 0.238 e. The van der Waals surface area contributed by atoms with E-state index in [-0.39, 0.29) is 5.91 Å². The highest BCUT2D eigenvalue weighted by molar-refractivity contribution is 7.09. The van der Waals surface area contributed by atoms with Gasteiger partial charge in [0.15, 0.2) is 0 Å². The molecule has 0 spiro atoms. The summed E-state index contributed by atoms with van der Waals surface area (Å²) in [6.45, 7) is 7.07. The molecule has 0 atom stereocenters. The number of benzene rings is 2. The number of nitrogens with zero attached hydrogens (tertiary/aromatic N) is 3. The lowest BCUT2D eigenvalue weighted by Gasteiger charge is -2.33. The highest BCUT2D eigenvalue weighted by atomic mass is 32.1. The molecule has 29 heavy (non-hydrogen) atoms. The highest BCUT2D eigenvalue weighted by Crippen LogP contribution is 2.22. The summed E-state index contributed by atoms with van der Waals surface area (Å²) in [4.78, 5) is 21.7. The number of carbonyl (C=O) groups is 1. The maximum Gasteiger partial charge on any atom is 0.238 e. The SMILES string of the molecule is Cc1ccc(NC(=O)CN2CCN(Cc3nc(-c4ccccc4)cs3)CC2)cc1. The number of carbonyl (C=O) groups excluding carboxylic acids is 1. The van der Waals surface area contributed by atoms with Crippen molar-refractivity contribution >= 4 is 22.9 Å². The number of piperazine rings is 1. The summed E-state index contributed by atoms with van der Waals surface area (Å²) in [5, 5.41) is 6.27. The monoisotopic (exact) mass is 406 g/mol. The topological polar surface area (TPSA) is 48.5 Å². The molecule has 5 nitrogen and oxygen atoms in total. The van der Waals surface area contributed by atoms with Crippen molar-refractivity contribution in [2.24, 2.45) is 0 Å². The van der Waals surface area contributed by atoms with Crippen molar-refractivity contribution in [1.82, 2.24) is 14.8 Å². The van der Waals surface area contributed by atoms with Gasteiger partial charge in [-0.05, 0) is 19.1 Å². The second kappa shape index (κ2) is 9.31. The molecule has 0 unspecified atom stereocenters. The van der Waals surface area contributed by atoms with Crippen LogP contribution in [-0.4, -0.2) is 53.4 Å². The van der Waals surface area contributed by atoms with E-state index in [1.807, 2.05) is 49.4 Å². The highest BCUT2D eigenvalue weighted by Gasteiger charge is 2.20. The molecule has 4 rings (SSSR count). The van der Waals surface area contributed by atoms with Crippen molar-refractivity contribution in [3.8, 4) is 11.3 Å². The van der Waals surface area contributed by atoms with E-state index in [1.165, 1.54) is 11.1 Å². The minimum Gasteiger partial charge on any atom is -0.325 e. The number of hydrogen-bond donors (Lipinski definition) is 1. The molecule has 1 aliphatic heterocycles. The van der Waals surface area contributed by atoms with E-state index in [0.717, 1.165) is 49.1 Å². The van der Waals surface area contributed by atoms with Crippen molar-refractivity contribution in [3.63, 3.8) is 0 Å². The van der Waals surface area contributed by atoms with Gasteiger partial charge < -0.3 is 5.32 Å². The Balaban J connectivity index is 1.23. The standard InChI is InChI=1S/C23H26N4OS/c1-18-7-9-20(10-8-18)24-22(28)15-26-11-13-27(14-12-26)16-23-25-21(17-29-23)19-5-3-2-4-6-19/h2-10,17H,11-16H2,1H3,(H,24,28). The van der Waals surface area contributed by atoms with Crippen molar-refractivity contribution in [2.75, 3.05) is 38.0 Å². The van der Waals surface area contributed by atoms with Crippen LogP contribution in [0.4, 0.5) is 5.69 Å². The first-order valence-electron chi connectivity index (χ1n) is 9.97. The first kappa shape index (κ1) is 19.8. The summed E-state index contributed by atoms with van der Waals surface area (Å²) in [6.07, 6.45) is 0. The number of amides is 1. The first-order chi connectivity index (χ1) is 14.2. The van der Waals surface area contributed by atoms with Crippen LogP contribution < -0.4 is 5.32 Å². The van der Waals surface area contributed by atoms with Gasteiger partial charge in [-0.1, -0.05) is 48.0 Å². The molecule has 0 saturated carbocycles. The molecule has 2 heterocycles. The lowest BCUT2D eigenvalue weighted by Crippen LogP contribution is -2.48. The van der Waals surface area contributed by atoms with Crippen molar-refractivity contribution in [2.45, 2.75) is 13.5 Å². The summed E-state index contributed by atoms with van der Waals surface area (Å²) in [7, 11) is 0. The fourth-order valence-corrected chi connectivity index (χ4v) is 4.31. The number of thiazole rings is 1. The zero-order chi connectivity index (χ0) is 20.1. The van der Waals surface area contributed by atoms with Gasteiger partial charge in [-0.25, -0.2) is 4.98 Å². The Hall–Kier alpha value is -2.54. The minimum atomic E-state index is 0.0507. The summed E-state index contributed by atoms with van der Waals surface area (Å²) >= 11 is 1.72. The van der Waals surface area contributed by atoms with Crippen LogP contribution in [0, 0.1) is 6.92 Å². The third-order valence-electron chi connectivity index (χ3n) is 5.15. The molecule has 6 heteroatoms. The Labute approximate surface area is 176 Å². The second-order valence-corrected chi connectivity index (χ2v) is 8.40. The Morgan fingerprint density at radius 1 is 1.00 bits per heavy atom. The molecule has 1 N–H and O–H groups in total. The lowest BCUT2D eigenvalue weighted by molar-refractivity contribution is -0.117. The van der Waals surface area contributed by atoms with Gasteiger partial charge in [0, 0.05) is 42.8 Å². The molecule has 2 aromatic carbocycles. The van der Waals surface area contributed by atoms with Gasteiger partial charge in [-0.15, -0.1) is 11.3 Å². The van der Waals surface area contributed by atoms with Crippen molar-refractivity contribution in [1.29, 1.82) is 0 Å². The van der Waals surface area contributed by atoms with Gasteiger partial charge in [-0.2, -0.15) is 0 Å². The van der Waals surface area contributed by atoms with E-state index in [1.54, 1.807) is 11.3 Å². The van der Waals surface area contributed by atoms with Crippen LogP contribution in [0.5, 0.6) is 0 Å². The van der Waals surface area contributed by atoms with Crippen molar-refractivity contribution in [3.05, 3.63) is 70.5 Å². The Morgan fingerprint density at radius 3 is 2.41 bits per heavy atom. The molecule has 0 aliphatic carbocycles. The van der Waals surface area contributed by atoms with Crippen LogP contribution in [0.3, 0.4) is 0 Å². The fraction of sp³-hybridized carbons (Fsp3) is 0.304. The van der Waals surface area contributed by atoms with E-state index < -0.39 is 0 Å². The predicted octanol–water partition coefficient (Wildman–Crippen LogP) is 3.87. The average Bonchev–Trinajstić information content (AvgIpc) is 3.20. The van der Waals surface area contributed by atoms with Crippen LogP contribution >= 0.6 is 11.3 Å². The summed E-state index contributed by atoms with van der Waals surface area (Å²) in [6, 6.07) is 18.2. The van der Waals surface area contributed by atoms with E-state index in [4.69, 9.17) is 4.98 Å². The number of anilines is 1. The lowest BCUT2D eigenvalue weighted by atomic mass is 10.2. The van der Waals surface area contributed by atoms with Crippen LogP contribution in [-0.2, 0) is 11.3 Å². The second-order valence-electron chi connectivity index (χ2n) is 7.46. The largest absolute Gasteiger partial charge is 0.325 e. The quantitative estimate of drug-likeness (QED) is 0.675. The average molecular weight is 407 g/mol. The van der Waals surface area contributed by atoms with E-state index >= 15 is 0 Å². The zero-order valence-corrected chi connectivity index (χ0v) is 17.5. The number of rotatable bonds is 6. The van der Waals surface area contributed by atoms with Crippen molar-refractivity contribution < 1.29 is 4.79 Å². The number of aryl methyl sites for hydroxylation is 1. The molecule has 1 amide bonds. The van der Waals surface area contributed by atoms with E-state index in [0.29, 0.717) is 6.54 Å². The Kier molecular flexibility index (Phi) is 6.34. The zero-order valence-electron chi connectivity index (χ0n) is 16.7. The van der Waals surface area contributed by atoms with E-state index in [2.05, 4.69) is 32.6 Å². The maximum atomic E-state index is 12.3. The fourth-order valence-electron chi connectivity index (χ4n) is 3.46. The van der Waals surface area contributed by atoms with Gasteiger partial charge in [0.2, 0.25) is 5.91 Å². The number of hydrogen-bond acceptors (Lipinski definition) is 5. The Bertz CT molecular complexity index is 931. The third-order valence-corrected chi connectivity index (χ3v) is 5.98. The molecule has 0 radical (unpaired) electrons. The van der Waals surface area contributed by atoms with Gasteiger partial charge >= 0.3 is 0 Å². The van der Waals surface area contributed by atoms with Gasteiger partial charge in [0.25, 0.3) is 0 Å². The normalized spacial score (nSPS) is 15.3. The summed E-state index contributed by atoms with van der Waals surface area (Å²) < 4.78 is 0. The van der Waals surface area contributed by atoms with Crippen LogP contribution in [0.2, 0.25) is 0 Å². The number of nitrogens with one attached hydrogen (secondary N) is 1. The van der Waals surface area contributed by atoms with Crippen LogP contribution in [0.15, 0.2) is 60.0 Å². The van der Waals surface area contributed by atoms with Crippen LogP contribution in [0.25, 0.3) is 11.3 Å². The molecule has 1 aromatic heterocycles. The maximum absolute atomic E-state index is 12.3. The predicted molar refractivity (Wildman–Crippen MR) is 119 cm³/mol. The molecule has 1 fully saturated rings. The summed E-state index contributed by atoms with van der Waals surface area (Å²) in [5.74, 6) is 0.0507. The molecular weight excluding hydrogens is 380 g/mol. The molecule has 0 bridgehead atoms. The Morgan fingerprint density at radius 2 is 1.69 bits per heavy atom. The molecule has 150 valence electrons. The minimum absolute atomic E-state index is 0.0507.